The molecule has 1 fully saturated rings. The Hall–Kier alpha value is -0.540. The third-order valence-electron chi connectivity index (χ3n) is 3.38. The lowest BCUT2D eigenvalue weighted by atomic mass is 9.68. The monoisotopic (exact) mass is 233 g/mol. The number of allylic oxidation sites excluding steroid dienone is 1. The number of halogens is 1. The molecule has 0 spiro atoms. The zero-order chi connectivity index (χ0) is 10.6. The second-order valence-corrected chi connectivity index (χ2v) is 4.26. The minimum atomic E-state index is -0.673. The molecule has 3 N–H and O–H groups in total. The van der Waals surface area contributed by atoms with E-state index in [2.05, 4.69) is 6.58 Å². The number of carbonyl (C=O) groups is 1. The third-order valence-corrected chi connectivity index (χ3v) is 3.38. The van der Waals surface area contributed by atoms with Crippen LogP contribution in [0, 0.1) is 11.3 Å². The number of aliphatic carboxylic acids is 1. The van der Waals surface area contributed by atoms with Gasteiger partial charge in [-0.15, -0.1) is 19.0 Å². The topological polar surface area (TPSA) is 63.3 Å². The number of hydrogen-bond acceptors (Lipinski definition) is 2. The zero-order valence-corrected chi connectivity index (χ0v) is 9.76. The predicted octanol–water partition coefficient (Wildman–Crippen LogP) is 2.20. The number of carboxylic acid groups (broad SMARTS) is 1. The van der Waals surface area contributed by atoms with Gasteiger partial charge in [-0.1, -0.05) is 6.08 Å². The van der Waals surface area contributed by atoms with Crippen molar-refractivity contribution in [3.8, 4) is 0 Å². The molecule has 0 bridgehead atoms. The first-order valence-electron chi connectivity index (χ1n) is 5.19. The van der Waals surface area contributed by atoms with Crippen molar-refractivity contribution in [2.24, 2.45) is 17.1 Å². The van der Waals surface area contributed by atoms with Gasteiger partial charge in [0.1, 0.15) is 0 Å². The quantitative estimate of drug-likeness (QED) is 0.732. The van der Waals surface area contributed by atoms with Gasteiger partial charge in [0.15, 0.2) is 0 Å². The average molecular weight is 234 g/mol. The molecule has 0 amide bonds. The molecular formula is C11H20ClNO2. The predicted molar refractivity (Wildman–Crippen MR) is 63.1 cm³/mol. The highest BCUT2D eigenvalue weighted by Gasteiger charge is 2.40. The summed E-state index contributed by atoms with van der Waals surface area (Å²) in [5.41, 5.74) is 5.03. The van der Waals surface area contributed by atoms with Crippen molar-refractivity contribution < 1.29 is 9.90 Å². The Labute approximate surface area is 97.1 Å². The van der Waals surface area contributed by atoms with Crippen molar-refractivity contribution in [1.82, 2.24) is 0 Å². The smallest absolute Gasteiger partial charge is 0.309 e. The summed E-state index contributed by atoms with van der Waals surface area (Å²) >= 11 is 0. The minimum absolute atomic E-state index is 0. The molecule has 1 rings (SSSR count). The lowest BCUT2D eigenvalue weighted by Crippen LogP contribution is -2.36. The first-order chi connectivity index (χ1) is 6.64. The van der Waals surface area contributed by atoms with E-state index in [1.807, 2.05) is 0 Å². The lowest BCUT2D eigenvalue weighted by molar-refractivity contribution is -0.151. The van der Waals surface area contributed by atoms with Gasteiger partial charge >= 0.3 is 5.97 Å². The highest BCUT2D eigenvalue weighted by atomic mass is 35.5. The van der Waals surface area contributed by atoms with E-state index in [9.17, 15) is 9.90 Å². The fraction of sp³-hybridized carbons (Fsp3) is 0.727. The lowest BCUT2D eigenvalue weighted by Gasteiger charge is -2.35. The van der Waals surface area contributed by atoms with Gasteiger partial charge in [-0.05, 0) is 44.6 Å². The molecule has 1 aliphatic rings. The summed E-state index contributed by atoms with van der Waals surface area (Å²) in [4.78, 5) is 11.2. The minimum Gasteiger partial charge on any atom is -0.481 e. The Morgan fingerprint density at radius 1 is 1.53 bits per heavy atom. The van der Waals surface area contributed by atoms with Crippen LogP contribution in [0.3, 0.4) is 0 Å². The van der Waals surface area contributed by atoms with Gasteiger partial charge < -0.3 is 10.8 Å². The van der Waals surface area contributed by atoms with E-state index in [4.69, 9.17) is 5.73 Å². The Bertz CT molecular complexity index is 223. The second kappa shape index (κ2) is 6.13. The first-order valence-corrected chi connectivity index (χ1v) is 5.19. The standard InChI is InChI=1S/C11H19NO2.ClH/c1-2-5-11(10(13)14)6-3-9(8-12)4-7-11;/h2,9H,1,3-8,12H2,(H,13,14);1H. The number of carboxylic acids is 1. The molecule has 15 heavy (non-hydrogen) atoms. The van der Waals surface area contributed by atoms with Crippen molar-refractivity contribution in [1.29, 1.82) is 0 Å². The summed E-state index contributed by atoms with van der Waals surface area (Å²) in [5.74, 6) is -0.153. The molecule has 0 aromatic heterocycles. The number of hydrogen-bond donors (Lipinski definition) is 2. The average Bonchev–Trinajstić information content (AvgIpc) is 2.19. The Kier molecular flexibility index (Phi) is 5.91. The van der Waals surface area contributed by atoms with Crippen LogP contribution in [-0.4, -0.2) is 17.6 Å². The van der Waals surface area contributed by atoms with Crippen molar-refractivity contribution in [3.63, 3.8) is 0 Å². The van der Waals surface area contributed by atoms with E-state index in [-0.39, 0.29) is 12.4 Å². The second-order valence-electron chi connectivity index (χ2n) is 4.26. The fourth-order valence-electron chi connectivity index (χ4n) is 2.25. The highest BCUT2D eigenvalue weighted by molar-refractivity contribution is 5.85. The van der Waals surface area contributed by atoms with E-state index >= 15 is 0 Å². The molecule has 3 nitrogen and oxygen atoms in total. The van der Waals surface area contributed by atoms with Crippen molar-refractivity contribution in [3.05, 3.63) is 12.7 Å². The SMILES string of the molecule is C=CCC1(C(=O)O)CCC(CN)CC1.Cl. The van der Waals surface area contributed by atoms with Gasteiger partial charge in [0.25, 0.3) is 0 Å². The molecule has 0 aromatic carbocycles. The van der Waals surface area contributed by atoms with Crippen molar-refractivity contribution >= 4 is 18.4 Å². The summed E-state index contributed by atoms with van der Waals surface area (Å²) in [6.07, 6.45) is 5.68. The normalized spacial score (nSPS) is 30.3. The van der Waals surface area contributed by atoms with Gasteiger partial charge in [0.2, 0.25) is 0 Å². The summed E-state index contributed by atoms with van der Waals surface area (Å²) < 4.78 is 0. The van der Waals surface area contributed by atoms with Gasteiger partial charge in [-0.2, -0.15) is 0 Å². The van der Waals surface area contributed by atoms with Crippen LogP contribution >= 0.6 is 12.4 Å². The van der Waals surface area contributed by atoms with E-state index in [0.717, 1.165) is 25.7 Å². The van der Waals surface area contributed by atoms with Crippen LogP contribution in [0.15, 0.2) is 12.7 Å². The van der Waals surface area contributed by atoms with Crippen LogP contribution in [0.4, 0.5) is 0 Å². The Morgan fingerprint density at radius 2 is 2.07 bits per heavy atom. The molecule has 0 radical (unpaired) electrons. The van der Waals surface area contributed by atoms with Crippen LogP contribution in [0.5, 0.6) is 0 Å². The molecule has 0 aliphatic heterocycles. The summed E-state index contributed by atoms with van der Waals surface area (Å²) in [6.45, 7) is 4.32. The van der Waals surface area contributed by atoms with Crippen molar-refractivity contribution in [2.45, 2.75) is 32.1 Å². The van der Waals surface area contributed by atoms with E-state index < -0.39 is 11.4 Å². The van der Waals surface area contributed by atoms with Gasteiger partial charge in [-0.3, -0.25) is 4.79 Å². The van der Waals surface area contributed by atoms with Crippen LogP contribution < -0.4 is 5.73 Å². The summed E-state index contributed by atoms with van der Waals surface area (Å²) in [5, 5.41) is 9.20. The molecule has 0 heterocycles. The maximum absolute atomic E-state index is 11.2. The maximum Gasteiger partial charge on any atom is 0.309 e. The van der Waals surface area contributed by atoms with Gasteiger partial charge in [-0.25, -0.2) is 0 Å². The van der Waals surface area contributed by atoms with Gasteiger partial charge in [0, 0.05) is 0 Å². The third kappa shape index (κ3) is 3.21. The molecular weight excluding hydrogens is 214 g/mol. The summed E-state index contributed by atoms with van der Waals surface area (Å²) in [6, 6.07) is 0. The Morgan fingerprint density at radius 3 is 2.40 bits per heavy atom. The largest absolute Gasteiger partial charge is 0.481 e. The van der Waals surface area contributed by atoms with E-state index in [1.54, 1.807) is 6.08 Å². The molecule has 1 aliphatic carbocycles. The van der Waals surface area contributed by atoms with Gasteiger partial charge in [0.05, 0.1) is 5.41 Å². The van der Waals surface area contributed by atoms with E-state index in [1.165, 1.54) is 0 Å². The van der Waals surface area contributed by atoms with E-state index in [0.29, 0.717) is 18.9 Å². The van der Waals surface area contributed by atoms with Crippen molar-refractivity contribution in [2.75, 3.05) is 6.54 Å². The summed E-state index contributed by atoms with van der Waals surface area (Å²) in [7, 11) is 0. The molecule has 0 aromatic rings. The van der Waals surface area contributed by atoms with Crippen LogP contribution in [0.25, 0.3) is 0 Å². The number of nitrogens with two attached hydrogens (primary N) is 1. The highest BCUT2D eigenvalue weighted by Crippen LogP contribution is 2.41. The fourth-order valence-corrected chi connectivity index (χ4v) is 2.25. The molecule has 4 heteroatoms. The maximum atomic E-state index is 11.2. The molecule has 0 atom stereocenters. The molecule has 1 saturated carbocycles. The van der Waals surface area contributed by atoms with Crippen LogP contribution in [-0.2, 0) is 4.79 Å². The number of rotatable bonds is 4. The van der Waals surface area contributed by atoms with Crippen LogP contribution in [0.1, 0.15) is 32.1 Å². The molecule has 0 unspecified atom stereocenters. The molecule has 0 saturated heterocycles. The zero-order valence-electron chi connectivity index (χ0n) is 8.95. The molecule has 88 valence electrons. The first kappa shape index (κ1) is 14.5. The Balaban J connectivity index is 0.00000196. The van der Waals surface area contributed by atoms with Crippen LogP contribution in [0.2, 0.25) is 0 Å².